The molecule has 0 bridgehead atoms. The van der Waals surface area contributed by atoms with Gasteiger partial charge in [-0.1, -0.05) is 69.2 Å². The third-order valence-corrected chi connectivity index (χ3v) is 8.25. The minimum Gasteiger partial charge on any atom is -0.472 e. The molecule has 2 aliphatic carbocycles. The maximum atomic E-state index is 14.2. The van der Waals surface area contributed by atoms with Crippen LogP contribution >= 0.6 is 0 Å². The Morgan fingerprint density at radius 1 is 1.19 bits per heavy atom. The molecule has 2 nitrogen and oxygen atoms in total. The van der Waals surface area contributed by atoms with Gasteiger partial charge in [0.2, 0.25) is 0 Å². The number of carbonyl (C=O) groups excluding carboxylic acids is 1. The molecule has 2 atom stereocenters. The van der Waals surface area contributed by atoms with E-state index in [2.05, 4.69) is 45.9 Å². The van der Waals surface area contributed by atoms with Crippen LogP contribution in [0.5, 0.6) is 0 Å². The molecule has 2 unspecified atom stereocenters. The summed E-state index contributed by atoms with van der Waals surface area (Å²) in [5, 5.41) is 0. The van der Waals surface area contributed by atoms with Crippen LogP contribution in [0.1, 0.15) is 95.0 Å². The number of benzene rings is 1. The van der Waals surface area contributed by atoms with E-state index in [-0.39, 0.29) is 11.6 Å². The summed E-state index contributed by atoms with van der Waals surface area (Å²) in [4.78, 5) is 12.5. The summed E-state index contributed by atoms with van der Waals surface area (Å²) in [6, 6.07) is 8.80. The molecule has 0 spiro atoms. The Kier molecular flexibility index (Phi) is 9.18. The van der Waals surface area contributed by atoms with Gasteiger partial charge in [-0.05, 0) is 103 Å². The quantitative estimate of drug-likeness (QED) is 0.253. The van der Waals surface area contributed by atoms with Crippen LogP contribution in [0.2, 0.25) is 0 Å². The Morgan fingerprint density at radius 3 is 2.73 bits per heavy atom. The standard InChI is InChI=1S/C34H41FO2/c1-5-32-29(14-13-27(23(2)3)21-33(32)28-7-6-8-31(35)20-28)19-25-10-9-24(4)26(12-11-25)15-16-34(36)30-17-18-37-22-30/h6-8,10,13,17-18,20-24,26H,5,9,11-12,14-16,19H2,1-4H3. The summed E-state index contributed by atoms with van der Waals surface area (Å²) in [6.07, 6.45) is 17.9. The van der Waals surface area contributed by atoms with Crippen LogP contribution in [-0.2, 0) is 0 Å². The highest BCUT2D eigenvalue weighted by Crippen LogP contribution is 2.40. The van der Waals surface area contributed by atoms with Crippen molar-refractivity contribution in [1.29, 1.82) is 0 Å². The zero-order chi connectivity index (χ0) is 26.4. The van der Waals surface area contributed by atoms with Gasteiger partial charge in [-0.2, -0.15) is 0 Å². The van der Waals surface area contributed by atoms with Gasteiger partial charge in [-0.15, -0.1) is 0 Å². The Balaban J connectivity index is 1.51. The van der Waals surface area contributed by atoms with E-state index in [1.54, 1.807) is 24.7 Å². The first-order valence-corrected chi connectivity index (χ1v) is 14.0. The first-order chi connectivity index (χ1) is 17.9. The fourth-order valence-corrected chi connectivity index (χ4v) is 5.85. The van der Waals surface area contributed by atoms with Crippen molar-refractivity contribution < 1.29 is 13.6 Å². The number of rotatable bonds is 9. The number of ketones is 1. The van der Waals surface area contributed by atoms with Gasteiger partial charge < -0.3 is 4.42 Å². The molecule has 1 aromatic heterocycles. The lowest BCUT2D eigenvalue weighted by molar-refractivity contribution is 0.0967. The van der Waals surface area contributed by atoms with Crippen LogP contribution in [0.25, 0.3) is 5.57 Å². The number of halogens is 1. The minimum atomic E-state index is -0.188. The summed E-state index contributed by atoms with van der Waals surface area (Å²) in [5.74, 6) is 1.53. The van der Waals surface area contributed by atoms with Gasteiger partial charge >= 0.3 is 0 Å². The van der Waals surface area contributed by atoms with E-state index in [1.165, 1.54) is 33.9 Å². The minimum absolute atomic E-state index is 0.180. The third kappa shape index (κ3) is 6.89. The first-order valence-electron chi connectivity index (χ1n) is 14.0. The van der Waals surface area contributed by atoms with Crippen LogP contribution < -0.4 is 0 Å². The molecule has 0 radical (unpaired) electrons. The second-order valence-corrected chi connectivity index (χ2v) is 11.1. The number of hydrogen-bond acceptors (Lipinski definition) is 2. The number of carbonyl (C=O) groups is 1. The summed E-state index contributed by atoms with van der Waals surface area (Å²) >= 11 is 0. The number of hydrogen-bond donors (Lipinski definition) is 0. The van der Waals surface area contributed by atoms with Crippen LogP contribution in [0, 0.1) is 23.6 Å². The Bertz CT molecular complexity index is 1210. The lowest BCUT2D eigenvalue weighted by atomic mass is 9.84. The molecule has 2 aromatic rings. The molecule has 0 fully saturated rings. The van der Waals surface area contributed by atoms with Crippen LogP contribution in [0.3, 0.4) is 0 Å². The van der Waals surface area contributed by atoms with Crippen molar-refractivity contribution in [3.63, 3.8) is 0 Å². The first kappa shape index (κ1) is 27.1. The normalized spacial score (nSPS) is 20.8. The van der Waals surface area contributed by atoms with Crippen LogP contribution in [-0.4, -0.2) is 5.78 Å². The molecule has 37 heavy (non-hydrogen) atoms. The molecule has 1 aromatic carbocycles. The van der Waals surface area contributed by atoms with E-state index >= 15 is 0 Å². The van der Waals surface area contributed by atoms with Crippen molar-refractivity contribution in [3.05, 3.63) is 100 Å². The van der Waals surface area contributed by atoms with E-state index in [0.29, 0.717) is 29.7 Å². The second kappa shape index (κ2) is 12.5. The molecule has 0 N–H and O–H groups in total. The maximum Gasteiger partial charge on any atom is 0.166 e. The molecule has 0 saturated carbocycles. The van der Waals surface area contributed by atoms with Gasteiger partial charge in [0.05, 0.1) is 11.8 Å². The molecule has 196 valence electrons. The van der Waals surface area contributed by atoms with Gasteiger partial charge in [-0.25, -0.2) is 4.39 Å². The summed E-state index contributed by atoms with van der Waals surface area (Å²) in [5.41, 5.74) is 8.48. The molecular formula is C34H41FO2. The predicted molar refractivity (Wildman–Crippen MR) is 151 cm³/mol. The molecule has 4 rings (SSSR count). The zero-order valence-electron chi connectivity index (χ0n) is 22.9. The van der Waals surface area contributed by atoms with E-state index < -0.39 is 0 Å². The summed E-state index contributed by atoms with van der Waals surface area (Å²) in [7, 11) is 0. The van der Waals surface area contributed by atoms with Crippen molar-refractivity contribution >= 4 is 11.4 Å². The van der Waals surface area contributed by atoms with Gasteiger partial charge in [0.1, 0.15) is 12.1 Å². The molecular weight excluding hydrogens is 459 g/mol. The Hall–Kier alpha value is -2.94. The average Bonchev–Trinajstić information content (AvgIpc) is 3.29. The largest absolute Gasteiger partial charge is 0.472 e. The highest BCUT2D eigenvalue weighted by atomic mass is 19.1. The molecule has 0 amide bonds. The zero-order valence-corrected chi connectivity index (χ0v) is 22.9. The summed E-state index contributed by atoms with van der Waals surface area (Å²) in [6.45, 7) is 9.01. The highest BCUT2D eigenvalue weighted by Gasteiger charge is 2.23. The number of Topliss-reactive ketones (excluding diaryl/α,β-unsaturated/α-hetero) is 1. The molecule has 0 aliphatic heterocycles. The topological polar surface area (TPSA) is 30.2 Å². The predicted octanol–water partition coefficient (Wildman–Crippen LogP) is 9.91. The fraction of sp³-hybridized carbons (Fsp3) is 0.441. The number of furan rings is 1. The van der Waals surface area contributed by atoms with E-state index in [1.807, 2.05) is 12.1 Å². The van der Waals surface area contributed by atoms with Crippen molar-refractivity contribution in [2.45, 2.75) is 79.1 Å². The fourth-order valence-electron chi connectivity index (χ4n) is 5.85. The second-order valence-electron chi connectivity index (χ2n) is 11.1. The summed E-state index contributed by atoms with van der Waals surface area (Å²) < 4.78 is 19.3. The van der Waals surface area contributed by atoms with Crippen LogP contribution in [0.4, 0.5) is 4.39 Å². The van der Waals surface area contributed by atoms with Gasteiger partial charge in [0.25, 0.3) is 0 Å². The molecule has 3 heteroatoms. The van der Waals surface area contributed by atoms with Crippen molar-refractivity contribution in [2.24, 2.45) is 17.8 Å². The van der Waals surface area contributed by atoms with Crippen molar-refractivity contribution in [2.75, 3.05) is 0 Å². The van der Waals surface area contributed by atoms with Crippen molar-refractivity contribution in [3.8, 4) is 0 Å². The SMILES string of the molecule is CCC1=C(CC2=CCC(C)C(CCC(=O)c3ccoc3)CC2)CC=C(C(C)C)C=C1c1cccc(F)c1. The Labute approximate surface area is 222 Å². The van der Waals surface area contributed by atoms with Gasteiger partial charge in [-0.3, -0.25) is 4.79 Å². The van der Waals surface area contributed by atoms with Gasteiger partial charge in [0, 0.05) is 6.42 Å². The maximum absolute atomic E-state index is 14.2. The molecule has 2 aliphatic rings. The Morgan fingerprint density at radius 2 is 2.03 bits per heavy atom. The van der Waals surface area contributed by atoms with E-state index in [0.717, 1.165) is 50.5 Å². The number of allylic oxidation sites excluding steroid dienone is 8. The van der Waals surface area contributed by atoms with Crippen LogP contribution in [0.15, 0.2) is 87.8 Å². The van der Waals surface area contributed by atoms with Crippen molar-refractivity contribution in [1.82, 2.24) is 0 Å². The smallest absolute Gasteiger partial charge is 0.166 e. The lowest BCUT2D eigenvalue weighted by Gasteiger charge is -2.21. The average molecular weight is 501 g/mol. The molecule has 1 heterocycles. The third-order valence-electron chi connectivity index (χ3n) is 8.25. The van der Waals surface area contributed by atoms with Gasteiger partial charge in [0.15, 0.2) is 5.78 Å². The van der Waals surface area contributed by atoms with E-state index in [4.69, 9.17) is 4.42 Å². The molecule has 0 saturated heterocycles. The monoisotopic (exact) mass is 500 g/mol. The highest BCUT2D eigenvalue weighted by molar-refractivity contribution is 5.95. The van der Waals surface area contributed by atoms with E-state index in [9.17, 15) is 9.18 Å². The lowest BCUT2D eigenvalue weighted by Crippen LogP contribution is -2.12.